The van der Waals surface area contributed by atoms with Crippen LogP contribution in [0.4, 0.5) is 4.39 Å². The Morgan fingerprint density at radius 2 is 1.88 bits per heavy atom. The summed E-state index contributed by atoms with van der Waals surface area (Å²) in [6.45, 7) is 1.54. The van der Waals surface area contributed by atoms with Crippen LogP contribution < -0.4 is 0 Å². The van der Waals surface area contributed by atoms with Crippen LogP contribution in [-0.2, 0) is 0 Å². The van der Waals surface area contributed by atoms with E-state index in [4.69, 9.17) is 0 Å². The van der Waals surface area contributed by atoms with Gasteiger partial charge >= 0.3 is 0 Å². The third-order valence-corrected chi connectivity index (χ3v) is 1.16. The van der Waals surface area contributed by atoms with Crippen molar-refractivity contribution < 1.29 is 4.39 Å². The third kappa shape index (κ3) is 1.19. The quantitative estimate of drug-likeness (QED) is 0.421. The van der Waals surface area contributed by atoms with Gasteiger partial charge in [-0.25, -0.2) is 4.39 Å². The molecule has 44 valence electrons. The number of allylic oxidation sites excluding steroid dienone is 4. The molecule has 0 spiro atoms. The molecule has 1 heteroatoms. The van der Waals surface area contributed by atoms with Crippen LogP contribution in [0.5, 0.6) is 0 Å². The summed E-state index contributed by atoms with van der Waals surface area (Å²) >= 11 is 0. The minimum atomic E-state index is -1.18. The topological polar surface area (TPSA) is 0 Å². The standard InChI is InChI=1S/C7H9F/c1-7(8)5-3-2-4-6-7/h3-6H,2H2,1H3. The summed E-state index contributed by atoms with van der Waals surface area (Å²) in [4.78, 5) is 0. The van der Waals surface area contributed by atoms with E-state index < -0.39 is 5.67 Å². The highest BCUT2D eigenvalue weighted by molar-refractivity contribution is 5.17. The maximum absolute atomic E-state index is 12.7. The Morgan fingerprint density at radius 1 is 1.38 bits per heavy atom. The lowest BCUT2D eigenvalue weighted by Gasteiger charge is -2.11. The molecule has 0 aliphatic heterocycles. The summed E-state index contributed by atoms with van der Waals surface area (Å²) in [7, 11) is 0. The Kier molecular flexibility index (Phi) is 1.20. The Labute approximate surface area is 48.7 Å². The molecule has 0 atom stereocenters. The third-order valence-electron chi connectivity index (χ3n) is 1.16. The first kappa shape index (κ1) is 5.54. The van der Waals surface area contributed by atoms with Gasteiger partial charge in [0.1, 0.15) is 5.67 Å². The zero-order chi connectivity index (χ0) is 6.04. The maximum Gasteiger partial charge on any atom is 0.144 e. The van der Waals surface area contributed by atoms with Gasteiger partial charge in [-0.15, -0.1) is 0 Å². The van der Waals surface area contributed by atoms with E-state index in [1.807, 2.05) is 12.2 Å². The van der Waals surface area contributed by atoms with Crippen molar-refractivity contribution in [1.29, 1.82) is 0 Å². The lowest BCUT2D eigenvalue weighted by molar-refractivity contribution is 0.325. The maximum atomic E-state index is 12.7. The Bertz CT molecular complexity index is 117. The van der Waals surface area contributed by atoms with Gasteiger partial charge < -0.3 is 0 Å². The van der Waals surface area contributed by atoms with E-state index >= 15 is 0 Å². The summed E-state index contributed by atoms with van der Waals surface area (Å²) in [6, 6.07) is 0. The molecule has 0 aromatic heterocycles. The molecule has 0 saturated carbocycles. The molecule has 0 heterocycles. The summed E-state index contributed by atoms with van der Waals surface area (Å²) in [5.74, 6) is 0. The SMILES string of the molecule is CC1(F)C=CCC=C1. The van der Waals surface area contributed by atoms with Crippen molar-refractivity contribution >= 4 is 0 Å². The van der Waals surface area contributed by atoms with E-state index in [1.54, 1.807) is 19.1 Å². The van der Waals surface area contributed by atoms with E-state index in [2.05, 4.69) is 0 Å². The molecule has 8 heavy (non-hydrogen) atoms. The average molecular weight is 112 g/mol. The number of hydrogen-bond acceptors (Lipinski definition) is 0. The second kappa shape index (κ2) is 1.73. The summed E-state index contributed by atoms with van der Waals surface area (Å²) in [5, 5.41) is 0. The largest absolute Gasteiger partial charge is 0.235 e. The Morgan fingerprint density at radius 3 is 2.12 bits per heavy atom. The minimum Gasteiger partial charge on any atom is -0.235 e. The van der Waals surface area contributed by atoms with Crippen molar-refractivity contribution in [3.05, 3.63) is 24.3 Å². The fourth-order valence-corrected chi connectivity index (χ4v) is 0.731. The lowest BCUT2D eigenvalue weighted by atomic mass is 10.0. The molecule has 0 bridgehead atoms. The van der Waals surface area contributed by atoms with E-state index in [0.29, 0.717) is 0 Å². The predicted molar refractivity (Wildman–Crippen MR) is 32.4 cm³/mol. The molecule has 0 nitrogen and oxygen atoms in total. The summed E-state index contributed by atoms with van der Waals surface area (Å²) < 4.78 is 12.7. The molecule has 0 radical (unpaired) electrons. The molecule has 1 rings (SSSR count). The predicted octanol–water partition coefficient (Wildman–Crippen LogP) is 2.23. The normalized spacial score (nSPS) is 23.8. The Balaban J connectivity index is 2.69. The molecule has 0 aromatic rings. The average Bonchev–Trinajstić information content (AvgIpc) is 1.65. The highest BCUT2D eigenvalue weighted by Gasteiger charge is 2.14. The molecule has 0 N–H and O–H groups in total. The van der Waals surface area contributed by atoms with Crippen LogP contribution in [0.25, 0.3) is 0 Å². The molecular weight excluding hydrogens is 103 g/mol. The van der Waals surface area contributed by atoms with Crippen molar-refractivity contribution in [1.82, 2.24) is 0 Å². The van der Waals surface area contributed by atoms with Crippen molar-refractivity contribution in [2.45, 2.75) is 19.0 Å². The fourth-order valence-electron chi connectivity index (χ4n) is 0.731. The molecule has 0 fully saturated rings. The highest BCUT2D eigenvalue weighted by atomic mass is 19.1. The number of hydrogen-bond donors (Lipinski definition) is 0. The second-order valence-electron chi connectivity index (χ2n) is 2.19. The van der Waals surface area contributed by atoms with E-state index in [-0.39, 0.29) is 0 Å². The molecule has 0 saturated heterocycles. The van der Waals surface area contributed by atoms with E-state index in [1.165, 1.54) is 0 Å². The van der Waals surface area contributed by atoms with Crippen molar-refractivity contribution in [2.24, 2.45) is 0 Å². The molecule has 0 amide bonds. The van der Waals surface area contributed by atoms with Gasteiger partial charge in [0.25, 0.3) is 0 Å². The van der Waals surface area contributed by atoms with Crippen LogP contribution >= 0.6 is 0 Å². The van der Waals surface area contributed by atoms with Crippen LogP contribution in [0.15, 0.2) is 24.3 Å². The van der Waals surface area contributed by atoms with Crippen molar-refractivity contribution in [3.8, 4) is 0 Å². The second-order valence-corrected chi connectivity index (χ2v) is 2.19. The molecular formula is C7H9F. The van der Waals surface area contributed by atoms with Crippen LogP contribution in [0.2, 0.25) is 0 Å². The van der Waals surface area contributed by atoms with E-state index in [9.17, 15) is 4.39 Å². The number of rotatable bonds is 0. The van der Waals surface area contributed by atoms with Gasteiger partial charge in [0.05, 0.1) is 0 Å². The summed E-state index contributed by atoms with van der Waals surface area (Å²) in [6.07, 6.45) is 7.69. The number of alkyl halides is 1. The van der Waals surface area contributed by atoms with Crippen LogP contribution in [0, 0.1) is 0 Å². The highest BCUT2D eigenvalue weighted by Crippen LogP contribution is 2.17. The zero-order valence-electron chi connectivity index (χ0n) is 4.89. The zero-order valence-corrected chi connectivity index (χ0v) is 4.89. The molecule has 1 aliphatic carbocycles. The van der Waals surface area contributed by atoms with Gasteiger partial charge in [0, 0.05) is 0 Å². The summed E-state index contributed by atoms with van der Waals surface area (Å²) in [5.41, 5.74) is -1.18. The molecule has 0 unspecified atom stereocenters. The fraction of sp³-hybridized carbons (Fsp3) is 0.429. The van der Waals surface area contributed by atoms with Gasteiger partial charge in [-0.2, -0.15) is 0 Å². The van der Waals surface area contributed by atoms with Gasteiger partial charge in [0.15, 0.2) is 0 Å². The number of halogens is 1. The van der Waals surface area contributed by atoms with Gasteiger partial charge in [-0.05, 0) is 25.5 Å². The first-order valence-corrected chi connectivity index (χ1v) is 2.75. The van der Waals surface area contributed by atoms with Gasteiger partial charge in [-0.3, -0.25) is 0 Å². The molecule has 0 aromatic carbocycles. The monoisotopic (exact) mass is 112 g/mol. The first-order valence-electron chi connectivity index (χ1n) is 2.75. The van der Waals surface area contributed by atoms with Gasteiger partial charge in [0.2, 0.25) is 0 Å². The lowest BCUT2D eigenvalue weighted by Crippen LogP contribution is -2.10. The molecule has 1 aliphatic rings. The van der Waals surface area contributed by atoms with Gasteiger partial charge in [-0.1, -0.05) is 12.2 Å². The van der Waals surface area contributed by atoms with E-state index in [0.717, 1.165) is 6.42 Å². The van der Waals surface area contributed by atoms with Crippen molar-refractivity contribution in [3.63, 3.8) is 0 Å². The minimum absolute atomic E-state index is 0.875. The van der Waals surface area contributed by atoms with Crippen LogP contribution in [0.1, 0.15) is 13.3 Å². The van der Waals surface area contributed by atoms with Crippen molar-refractivity contribution in [2.75, 3.05) is 0 Å². The van der Waals surface area contributed by atoms with Crippen LogP contribution in [0.3, 0.4) is 0 Å². The first-order chi connectivity index (χ1) is 3.71. The Hall–Kier alpha value is -0.590. The van der Waals surface area contributed by atoms with Crippen LogP contribution in [-0.4, -0.2) is 5.67 Å². The smallest absolute Gasteiger partial charge is 0.144 e.